The molecule has 104 valence electrons. The first-order valence-electron chi connectivity index (χ1n) is 7.96. The molecule has 0 bridgehead atoms. The molecule has 0 saturated carbocycles. The van der Waals surface area contributed by atoms with Crippen LogP contribution in [-0.4, -0.2) is 0 Å². The van der Waals surface area contributed by atoms with E-state index in [0.717, 1.165) is 0 Å². The molecule has 0 heteroatoms. The molecule has 0 heterocycles. The van der Waals surface area contributed by atoms with E-state index in [9.17, 15) is 0 Å². The van der Waals surface area contributed by atoms with E-state index >= 15 is 0 Å². The van der Waals surface area contributed by atoms with Gasteiger partial charge in [0.25, 0.3) is 0 Å². The van der Waals surface area contributed by atoms with Crippen molar-refractivity contribution < 1.29 is 0 Å². The number of benzene rings is 3. The highest BCUT2D eigenvalue weighted by molar-refractivity contribution is 5.83. The van der Waals surface area contributed by atoms with Gasteiger partial charge in [-0.15, -0.1) is 0 Å². The van der Waals surface area contributed by atoms with Crippen molar-refractivity contribution in [2.45, 2.75) is 31.6 Å². The fraction of sp³-hybridized carbons (Fsp3) is 0.238. The first kappa shape index (κ1) is 12.6. The van der Waals surface area contributed by atoms with Crippen molar-refractivity contribution >= 4 is 10.8 Å². The standard InChI is InChI=1S/C21H20/c1-2-8-19-14-16(12-13-17(19)6-1)15-20-10-5-9-18-7-3-4-11-21(18)20/h1-4,6-8,11-14,20H,5,9-10,15H2. The van der Waals surface area contributed by atoms with Gasteiger partial charge in [0, 0.05) is 0 Å². The molecule has 21 heavy (non-hydrogen) atoms. The van der Waals surface area contributed by atoms with Gasteiger partial charge >= 0.3 is 0 Å². The Morgan fingerprint density at radius 3 is 2.57 bits per heavy atom. The minimum Gasteiger partial charge on any atom is -0.0620 e. The molecule has 0 aromatic heterocycles. The first-order valence-corrected chi connectivity index (χ1v) is 7.96. The van der Waals surface area contributed by atoms with Crippen molar-refractivity contribution in [1.29, 1.82) is 0 Å². The lowest BCUT2D eigenvalue weighted by molar-refractivity contribution is 0.551. The van der Waals surface area contributed by atoms with Crippen molar-refractivity contribution in [2.24, 2.45) is 0 Å². The van der Waals surface area contributed by atoms with Crippen LogP contribution in [-0.2, 0) is 12.8 Å². The molecule has 4 rings (SSSR count). The lowest BCUT2D eigenvalue weighted by Crippen LogP contribution is -2.11. The average Bonchev–Trinajstić information content (AvgIpc) is 2.55. The van der Waals surface area contributed by atoms with Crippen molar-refractivity contribution in [1.82, 2.24) is 0 Å². The summed E-state index contributed by atoms with van der Waals surface area (Å²) < 4.78 is 0. The molecule has 0 saturated heterocycles. The summed E-state index contributed by atoms with van der Waals surface area (Å²) in [6.07, 6.45) is 5.07. The molecule has 0 radical (unpaired) electrons. The fourth-order valence-corrected chi connectivity index (χ4v) is 3.72. The van der Waals surface area contributed by atoms with Crippen LogP contribution in [0.3, 0.4) is 0 Å². The van der Waals surface area contributed by atoms with E-state index in [4.69, 9.17) is 0 Å². The summed E-state index contributed by atoms with van der Waals surface area (Å²) in [6, 6.07) is 24.6. The summed E-state index contributed by atoms with van der Waals surface area (Å²) in [7, 11) is 0. The van der Waals surface area contributed by atoms with Crippen molar-refractivity contribution in [3.8, 4) is 0 Å². The van der Waals surface area contributed by atoms with Gasteiger partial charge in [0.15, 0.2) is 0 Å². The zero-order valence-electron chi connectivity index (χ0n) is 12.3. The normalized spacial score (nSPS) is 17.6. The Kier molecular flexibility index (Phi) is 3.23. The van der Waals surface area contributed by atoms with Gasteiger partial charge in [-0.25, -0.2) is 0 Å². The van der Waals surface area contributed by atoms with E-state index in [1.807, 2.05) is 0 Å². The molecule has 3 aromatic rings. The van der Waals surface area contributed by atoms with E-state index in [-0.39, 0.29) is 0 Å². The van der Waals surface area contributed by atoms with Gasteiger partial charge in [0.1, 0.15) is 0 Å². The number of hydrogen-bond donors (Lipinski definition) is 0. The summed E-state index contributed by atoms with van der Waals surface area (Å²) >= 11 is 0. The monoisotopic (exact) mass is 272 g/mol. The summed E-state index contributed by atoms with van der Waals surface area (Å²) in [5.41, 5.74) is 4.61. The molecule has 0 amide bonds. The van der Waals surface area contributed by atoms with Crippen molar-refractivity contribution in [3.05, 3.63) is 83.4 Å². The third-order valence-corrected chi connectivity index (χ3v) is 4.79. The highest BCUT2D eigenvalue weighted by Gasteiger charge is 2.19. The maximum atomic E-state index is 2.37. The Morgan fingerprint density at radius 1 is 0.810 bits per heavy atom. The predicted octanol–water partition coefficient (Wildman–Crippen LogP) is 5.50. The fourth-order valence-electron chi connectivity index (χ4n) is 3.72. The highest BCUT2D eigenvalue weighted by atomic mass is 14.2. The third-order valence-electron chi connectivity index (χ3n) is 4.79. The maximum Gasteiger partial charge on any atom is -0.0119 e. The molecule has 0 fully saturated rings. The van der Waals surface area contributed by atoms with Gasteiger partial charge in [-0.1, -0.05) is 66.7 Å². The summed E-state index contributed by atoms with van der Waals surface area (Å²) in [5, 5.41) is 2.70. The van der Waals surface area contributed by atoms with Crippen molar-refractivity contribution in [3.63, 3.8) is 0 Å². The Labute approximate surface area is 126 Å². The predicted molar refractivity (Wildman–Crippen MR) is 89.8 cm³/mol. The van der Waals surface area contributed by atoms with Crippen LogP contribution in [0, 0.1) is 0 Å². The number of rotatable bonds is 2. The quantitative estimate of drug-likeness (QED) is 0.577. The molecule has 3 aromatic carbocycles. The molecular weight excluding hydrogens is 252 g/mol. The van der Waals surface area contributed by atoms with E-state index in [1.54, 1.807) is 11.1 Å². The van der Waals surface area contributed by atoms with Crippen LogP contribution in [0.5, 0.6) is 0 Å². The summed E-state index contributed by atoms with van der Waals surface area (Å²) in [4.78, 5) is 0. The zero-order valence-corrected chi connectivity index (χ0v) is 12.3. The van der Waals surface area contributed by atoms with E-state index in [2.05, 4.69) is 66.7 Å². The molecule has 1 aliphatic rings. The Bertz CT molecular complexity index is 770. The smallest absolute Gasteiger partial charge is 0.0119 e. The molecule has 1 atom stereocenters. The van der Waals surface area contributed by atoms with Gasteiger partial charge in [0.2, 0.25) is 0 Å². The second-order valence-corrected chi connectivity index (χ2v) is 6.17. The second-order valence-electron chi connectivity index (χ2n) is 6.17. The molecule has 0 aliphatic heterocycles. The van der Waals surface area contributed by atoms with E-state index in [1.165, 1.54) is 42.0 Å². The average molecular weight is 272 g/mol. The van der Waals surface area contributed by atoms with Gasteiger partial charge in [0.05, 0.1) is 0 Å². The van der Waals surface area contributed by atoms with Crippen molar-refractivity contribution in [2.75, 3.05) is 0 Å². The number of hydrogen-bond acceptors (Lipinski definition) is 0. The van der Waals surface area contributed by atoms with Crippen LogP contribution in [0.25, 0.3) is 10.8 Å². The minimum absolute atomic E-state index is 0.691. The topological polar surface area (TPSA) is 0 Å². The van der Waals surface area contributed by atoms with Crippen LogP contribution in [0.4, 0.5) is 0 Å². The molecular formula is C21H20. The Hall–Kier alpha value is -2.08. The molecule has 0 spiro atoms. The van der Waals surface area contributed by atoms with Gasteiger partial charge in [-0.3, -0.25) is 0 Å². The Balaban J connectivity index is 1.66. The largest absolute Gasteiger partial charge is 0.0620 e. The van der Waals surface area contributed by atoms with Gasteiger partial charge < -0.3 is 0 Å². The summed E-state index contributed by atoms with van der Waals surface area (Å²) in [6.45, 7) is 0. The lowest BCUT2D eigenvalue weighted by atomic mass is 9.79. The van der Waals surface area contributed by atoms with Crippen LogP contribution >= 0.6 is 0 Å². The third kappa shape index (κ3) is 2.47. The SMILES string of the molecule is c1ccc2c(c1)CCCC2Cc1ccc2ccccc2c1. The maximum absolute atomic E-state index is 2.37. The van der Waals surface area contributed by atoms with Gasteiger partial charge in [-0.05, 0) is 59.1 Å². The van der Waals surface area contributed by atoms with E-state index < -0.39 is 0 Å². The zero-order chi connectivity index (χ0) is 14.1. The van der Waals surface area contributed by atoms with Crippen LogP contribution in [0.1, 0.15) is 35.4 Å². The first-order chi connectivity index (χ1) is 10.4. The number of fused-ring (bicyclic) bond motifs is 2. The minimum atomic E-state index is 0.691. The molecule has 0 N–H and O–H groups in total. The number of aryl methyl sites for hydroxylation is 1. The van der Waals surface area contributed by atoms with Crippen LogP contribution in [0.2, 0.25) is 0 Å². The Morgan fingerprint density at radius 2 is 1.62 bits per heavy atom. The summed E-state index contributed by atoms with van der Waals surface area (Å²) in [5.74, 6) is 0.691. The molecule has 0 nitrogen and oxygen atoms in total. The molecule has 1 aliphatic carbocycles. The van der Waals surface area contributed by atoms with Gasteiger partial charge in [-0.2, -0.15) is 0 Å². The van der Waals surface area contributed by atoms with Crippen LogP contribution in [0.15, 0.2) is 66.7 Å². The van der Waals surface area contributed by atoms with E-state index in [0.29, 0.717) is 5.92 Å². The lowest BCUT2D eigenvalue weighted by Gasteiger charge is -2.25. The second kappa shape index (κ2) is 5.37. The molecule has 1 unspecified atom stereocenters. The highest BCUT2D eigenvalue weighted by Crippen LogP contribution is 2.34. The van der Waals surface area contributed by atoms with Crippen LogP contribution < -0.4 is 0 Å².